The average Bonchev–Trinajstić information content (AvgIpc) is 3.09. The predicted octanol–water partition coefficient (Wildman–Crippen LogP) is 2.28. The first-order valence-electron chi connectivity index (χ1n) is 8.67. The molecule has 5 nitrogen and oxygen atoms in total. The van der Waals surface area contributed by atoms with Crippen LogP contribution in [-0.2, 0) is 12.8 Å². The minimum absolute atomic E-state index is 0.103. The van der Waals surface area contributed by atoms with Crippen LogP contribution in [0.3, 0.4) is 0 Å². The Morgan fingerprint density at radius 3 is 2.92 bits per heavy atom. The number of fused-ring (bicyclic) bond motifs is 1. The summed E-state index contributed by atoms with van der Waals surface area (Å²) in [7, 11) is 0. The van der Waals surface area contributed by atoms with Gasteiger partial charge in [-0.1, -0.05) is 6.07 Å². The average molecular weight is 323 g/mol. The van der Waals surface area contributed by atoms with Crippen molar-refractivity contribution in [3.63, 3.8) is 0 Å². The molecule has 4 rings (SSSR count). The molecule has 0 unspecified atom stereocenters. The molecule has 2 heterocycles. The molecule has 24 heavy (non-hydrogen) atoms. The molecule has 0 spiro atoms. The Labute approximate surface area is 140 Å². The van der Waals surface area contributed by atoms with Gasteiger partial charge in [0.15, 0.2) is 0 Å². The summed E-state index contributed by atoms with van der Waals surface area (Å²) in [4.78, 5) is 32.7. The van der Waals surface area contributed by atoms with E-state index in [1.807, 2.05) is 17.0 Å². The molecule has 1 aliphatic heterocycles. The second-order valence-corrected chi connectivity index (χ2v) is 6.76. The van der Waals surface area contributed by atoms with Gasteiger partial charge in [-0.3, -0.25) is 4.79 Å². The van der Waals surface area contributed by atoms with Crippen LogP contribution < -0.4 is 5.69 Å². The summed E-state index contributed by atoms with van der Waals surface area (Å²) in [5.41, 5.74) is 4.06. The third kappa shape index (κ3) is 2.86. The number of likely N-dealkylation sites (tertiary alicyclic amines) is 1. The van der Waals surface area contributed by atoms with Gasteiger partial charge in [-0.15, -0.1) is 0 Å². The van der Waals surface area contributed by atoms with E-state index in [0.29, 0.717) is 6.54 Å². The fourth-order valence-electron chi connectivity index (χ4n) is 3.92. The van der Waals surface area contributed by atoms with Gasteiger partial charge in [0.1, 0.15) is 0 Å². The highest BCUT2D eigenvalue weighted by Gasteiger charge is 2.26. The number of carbonyl (C=O) groups excluding carboxylic acids is 1. The van der Waals surface area contributed by atoms with E-state index in [9.17, 15) is 9.59 Å². The monoisotopic (exact) mass is 323 g/mol. The van der Waals surface area contributed by atoms with Crippen molar-refractivity contribution in [2.75, 3.05) is 13.1 Å². The van der Waals surface area contributed by atoms with Gasteiger partial charge in [0.2, 0.25) is 0 Å². The molecule has 1 atom stereocenters. The zero-order chi connectivity index (χ0) is 16.5. The summed E-state index contributed by atoms with van der Waals surface area (Å²) in [6.07, 6.45) is 6.87. The fourth-order valence-corrected chi connectivity index (χ4v) is 3.92. The molecular formula is C19H21N3O2. The number of aromatic amines is 1. The summed E-state index contributed by atoms with van der Waals surface area (Å²) in [5.74, 6) is 0.277. The second kappa shape index (κ2) is 6.23. The Morgan fingerprint density at radius 1 is 1.17 bits per heavy atom. The first-order valence-corrected chi connectivity index (χ1v) is 8.67. The lowest BCUT2D eigenvalue weighted by molar-refractivity contribution is 0.0705. The number of nitrogens with zero attached hydrogens (tertiary/aromatic N) is 2. The van der Waals surface area contributed by atoms with Crippen LogP contribution in [0, 0.1) is 0 Å². The lowest BCUT2D eigenvalue weighted by atomic mass is 9.94. The normalized spacial score (nSPS) is 20.0. The van der Waals surface area contributed by atoms with Crippen LogP contribution in [0.25, 0.3) is 0 Å². The number of hydrogen-bond acceptors (Lipinski definition) is 3. The van der Waals surface area contributed by atoms with E-state index >= 15 is 0 Å². The van der Waals surface area contributed by atoms with E-state index in [0.717, 1.165) is 43.5 Å². The summed E-state index contributed by atoms with van der Waals surface area (Å²) < 4.78 is 0. The van der Waals surface area contributed by atoms with Crippen LogP contribution in [0.2, 0.25) is 0 Å². The predicted molar refractivity (Wildman–Crippen MR) is 91.2 cm³/mol. The molecule has 0 radical (unpaired) electrons. The number of nitrogens with one attached hydrogen (secondary N) is 1. The molecule has 0 bridgehead atoms. The van der Waals surface area contributed by atoms with Crippen molar-refractivity contribution in [1.29, 1.82) is 0 Å². The number of rotatable bonds is 2. The summed E-state index contributed by atoms with van der Waals surface area (Å²) in [5, 5.41) is 0. The minimum Gasteiger partial charge on any atom is -0.338 e. The molecule has 2 aromatic rings. The Kier molecular flexibility index (Phi) is 3.92. The van der Waals surface area contributed by atoms with E-state index in [1.54, 1.807) is 0 Å². The quantitative estimate of drug-likeness (QED) is 0.922. The van der Waals surface area contributed by atoms with E-state index in [4.69, 9.17) is 0 Å². The van der Waals surface area contributed by atoms with Gasteiger partial charge in [-0.25, -0.2) is 9.78 Å². The standard InChI is InChI=1S/C19H21N3O2/c23-18(15-7-6-13-3-1-4-14(13)11-15)22-10-2-5-16(12-22)17-8-9-20-19(24)21-17/h6-9,11,16H,1-5,10,12H2,(H,20,21,24)/t16-/m0/s1. The first-order chi connectivity index (χ1) is 11.7. The van der Waals surface area contributed by atoms with Crippen LogP contribution >= 0.6 is 0 Å². The van der Waals surface area contributed by atoms with Crippen molar-refractivity contribution in [3.05, 3.63) is 63.3 Å². The zero-order valence-electron chi connectivity index (χ0n) is 13.6. The Morgan fingerprint density at radius 2 is 2.04 bits per heavy atom. The SMILES string of the molecule is O=C(c1ccc2c(c1)CCC2)N1CCC[C@H](c2ccnc(=O)[nH]2)C1. The van der Waals surface area contributed by atoms with Crippen LogP contribution in [0.1, 0.15) is 52.4 Å². The van der Waals surface area contributed by atoms with Gasteiger partial charge in [0.25, 0.3) is 5.91 Å². The Hall–Kier alpha value is -2.43. The number of aryl methyl sites for hydroxylation is 2. The lowest BCUT2D eigenvalue weighted by Crippen LogP contribution is -2.39. The number of amides is 1. The van der Waals surface area contributed by atoms with Gasteiger partial charge >= 0.3 is 5.69 Å². The van der Waals surface area contributed by atoms with Gasteiger partial charge < -0.3 is 9.88 Å². The van der Waals surface area contributed by atoms with Crippen molar-refractivity contribution in [2.45, 2.75) is 38.0 Å². The topological polar surface area (TPSA) is 66.1 Å². The lowest BCUT2D eigenvalue weighted by Gasteiger charge is -2.32. The summed E-state index contributed by atoms with van der Waals surface area (Å²) in [6, 6.07) is 7.99. The number of H-pyrrole nitrogens is 1. The van der Waals surface area contributed by atoms with E-state index in [1.165, 1.54) is 23.7 Å². The number of carbonyl (C=O) groups is 1. The maximum Gasteiger partial charge on any atom is 0.345 e. The first kappa shape index (κ1) is 15.1. The minimum atomic E-state index is -0.324. The molecule has 124 valence electrons. The fraction of sp³-hybridized carbons (Fsp3) is 0.421. The molecule has 1 fully saturated rings. The van der Waals surface area contributed by atoms with Crippen LogP contribution in [0.4, 0.5) is 0 Å². The largest absolute Gasteiger partial charge is 0.345 e. The second-order valence-electron chi connectivity index (χ2n) is 6.76. The maximum atomic E-state index is 12.9. The van der Waals surface area contributed by atoms with Crippen LogP contribution in [0.15, 0.2) is 35.3 Å². The van der Waals surface area contributed by atoms with Gasteiger partial charge in [0.05, 0.1) is 0 Å². The molecule has 1 saturated heterocycles. The number of aromatic nitrogens is 2. The van der Waals surface area contributed by atoms with E-state index in [-0.39, 0.29) is 17.5 Å². The number of piperidine rings is 1. The zero-order valence-corrected chi connectivity index (χ0v) is 13.6. The van der Waals surface area contributed by atoms with Crippen molar-refractivity contribution in [2.24, 2.45) is 0 Å². The number of hydrogen-bond donors (Lipinski definition) is 1. The van der Waals surface area contributed by atoms with Gasteiger partial charge in [-0.2, -0.15) is 0 Å². The van der Waals surface area contributed by atoms with Crippen molar-refractivity contribution in [1.82, 2.24) is 14.9 Å². The molecule has 0 saturated carbocycles. The van der Waals surface area contributed by atoms with Gasteiger partial charge in [-0.05, 0) is 61.4 Å². The molecule has 1 amide bonds. The molecule has 1 aliphatic carbocycles. The van der Waals surface area contributed by atoms with E-state index < -0.39 is 0 Å². The highest BCUT2D eigenvalue weighted by atomic mass is 16.2. The van der Waals surface area contributed by atoms with Crippen molar-refractivity contribution >= 4 is 5.91 Å². The number of benzene rings is 1. The third-order valence-electron chi connectivity index (χ3n) is 5.19. The summed E-state index contributed by atoms with van der Waals surface area (Å²) in [6.45, 7) is 1.43. The highest BCUT2D eigenvalue weighted by Crippen LogP contribution is 2.27. The van der Waals surface area contributed by atoms with Gasteiger partial charge in [0, 0.05) is 36.5 Å². The van der Waals surface area contributed by atoms with E-state index in [2.05, 4.69) is 22.1 Å². The molecular weight excluding hydrogens is 302 g/mol. The maximum absolute atomic E-state index is 12.9. The van der Waals surface area contributed by atoms with Crippen LogP contribution in [-0.4, -0.2) is 33.9 Å². The Balaban J connectivity index is 1.53. The van der Waals surface area contributed by atoms with Crippen molar-refractivity contribution in [3.8, 4) is 0 Å². The summed E-state index contributed by atoms with van der Waals surface area (Å²) >= 11 is 0. The molecule has 1 aromatic heterocycles. The molecule has 2 aliphatic rings. The Bertz CT molecular complexity index is 827. The molecule has 5 heteroatoms. The third-order valence-corrected chi connectivity index (χ3v) is 5.19. The smallest absolute Gasteiger partial charge is 0.338 e. The highest BCUT2D eigenvalue weighted by molar-refractivity contribution is 5.94. The molecule has 1 aromatic carbocycles. The molecule has 1 N–H and O–H groups in total. The van der Waals surface area contributed by atoms with Crippen molar-refractivity contribution < 1.29 is 4.79 Å². The van der Waals surface area contributed by atoms with Crippen LogP contribution in [0.5, 0.6) is 0 Å².